The predicted octanol–water partition coefficient (Wildman–Crippen LogP) is 4.08. The summed E-state index contributed by atoms with van der Waals surface area (Å²) >= 11 is 0. The quantitative estimate of drug-likeness (QED) is 0.682. The Bertz CT molecular complexity index is 533. The van der Waals surface area contributed by atoms with E-state index in [2.05, 4.69) is 0 Å². The third-order valence-corrected chi connectivity index (χ3v) is 2.36. The van der Waals surface area contributed by atoms with Gasteiger partial charge in [0.1, 0.15) is 5.82 Å². The van der Waals surface area contributed by atoms with Crippen LogP contribution in [0.1, 0.15) is 5.56 Å². The number of hydrogen-bond donors (Lipinski definition) is 0. The van der Waals surface area contributed by atoms with Gasteiger partial charge in [-0.05, 0) is 36.2 Å². The van der Waals surface area contributed by atoms with Crippen LogP contribution in [0.5, 0.6) is 0 Å². The molecule has 2 rings (SSSR count). The lowest BCUT2D eigenvalue weighted by Gasteiger charge is -2.04. The van der Waals surface area contributed by atoms with E-state index < -0.39 is 17.5 Å². The van der Waals surface area contributed by atoms with Gasteiger partial charge in [-0.15, -0.1) is 0 Å². The lowest BCUT2D eigenvalue weighted by Crippen LogP contribution is -1.89. The van der Waals surface area contributed by atoms with Crippen LogP contribution in [0.15, 0.2) is 36.4 Å². The predicted molar refractivity (Wildman–Crippen MR) is 56.5 cm³/mol. The zero-order chi connectivity index (χ0) is 11.7. The molecule has 0 nitrogen and oxygen atoms in total. The molecule has 0 fully saturated rings. The molecule has 16 heavy (non-hydrogen) atoms. The smallest absolute Gasteiger partial charge is 0.159 e. The van der Waals surface area contributed by atoms with Crippen LogP contribution in [0.25, 0.3) is 11.1 Å². The Balaban J connectivity index is 2.54. The van der Waals surface area contributed by atoms with Gasteiger partial charge in [0.25, 0.3) is 0 Å². The van der Waals surface area contributed by atoms with Crippen molar-refractivity contribution in [1.82, 2.24) is 0 Å². The van der Waals surface area contributed by atoms with E-state index in [1.54, 1.807) is 19.1 Å². The maximum Gasteiger partial charge on any atom is 0.159 e. The summed E-state index contributed by atoms with van der Waals surface area (Å²) in [6.07, 6.45) is 0. The molecular formula is C13H9F3. The van der Waals surface area contributed by atoms with Crippen molar-refractivity contribution in [2.45, 2.75) is 6.92 Å². The monoisotopic (exact) mass is 222 g/mol. The van der Waals surface area contributed by atoms with Crippen molar-refractivity contribution in [2.75, 3.05) is 0 Å². The molecule has 0 saturated heterocycles. The Morgan fingerprint density at radius 1 is 0.750 bits per heavy atom. The highest BCUT2D eigenvalue weighted by Crippen LogP contribution is 2.24. The number of hydrogen-bond acceptors (Lipinski definition) is 0. The molecule has 2 aromatic carbocycles. The van der Waals surface area contributed by atoms with Crippen molar-refractivity contribution in [3.63, 3.8) is 0 Å². The Morgan fingerprint density at radius 2 is 1.50 bits per heavy atom. The molecule has 0 heterocycles. The van der Waals surface area contributed by atoms with Gasteiger partial charge < -0.3 is 0 Å². The number of halogens is 3. The fourth-order valence-corrected chi connectivity index (χ4v) is 1.52. The second-order valence-corrected chi connectivity index (χ2v) is 3.61. The molecule has 0 amide bonds. The van der Waals surface area contributed by atoms with E-state index >= 15 is 0 Å². The first kappa shape index (κ1) is 10.7. The van der Waals surface area contributed by atoms with Gasteiger partial charge in [-0.1, -0.05) is 18.2 Å². The molecule has 0 aliphatic rings. The standard InChI is InChI=1S/C13H9F3/c1-8-2-4-10(12(15)6-8)9-3-5-11(14)13(16)7-9/h2-7H,1H3. The van der Waals surface area contributed by atoms with Crippen LogP contribution in [-0.4, -0.2) is 0 Å². The molecule has 82 valence electrons. The van der Waals surface area contributed by atoms with Crippen molar-refractivity contribution in [3.8, 4) is 11.1 Å². The highest BCUT2D eigenvalue weighted by Gasteiger charge is 2.08. The largest absolute Gasteiger partial charge is 0.206 e. The summed E-state index contributed by atoms with van der Waals surface area (Å²) in [5.41, 5.74) is 1.38. The summed E-state index contributed by atoms with van der Waals surface area (Å²) in [4.78, 5) is 0. The highest BCUT2D eigenvalue weighted by molar-refractivity contribution is 5.64. The number of aryl methyl sites for hydroxylation is 1. The van der Waals surface area contributed by atoms with Crippen LogP contribution < -0.4 is 0 Å². The molecule has 0 radical (unpaired) electrons. The average molecular weight is 222 g/mol. The van der Waals surface area contributed by atoms with E-state index in [9.17, 15) is 13.2 Å². The number of rotatable bonds is 1. The van der Waals surface area contributed by atoms with E-state index in [1.807, 2.05) is 0 Å². The second-order valence-electron chi connectivity index (χ2n) is 3.61. The molecule has 0 aromatic heterocycles. The third-order valence-electron chi connectivity index (χ3n) is 2.36. The molecule has 0 unspecified atom stereocenters. The summed E-state index contributed by atoms with van der Waals surface area (Å²) in [5.74, 6) is -2.35. The average Bonchev–Trinajstić information content (AvgIpc) is 2.22. The van der Waals surface area contributed by atoms with E-state index in [0.717, 1.165) is 17.7 Å². The normalized spacial score (nSPS) is 10.5. The van der Waals surface area contributed by atoms with E-state index in [0.29, 0.717) is 5.56 Å². The van der Waals surface area contributed by atoms with Gasteiger partial charge in [0, 0.05) is 5.56 Å². The van der Waals surface area contributed by atoms with Crippen LogP contribution in [0.3, 0.4) is 0 Å². The van der Waals surface area contributed by atoms with Gasteiger partial charge in [0.05, 0.1) is 0 Å². The summed E-state index contributed by atoms with van der Waals surface area (Å²) < 4.78 is 39.2. The van der Waals surface area contributed by atoms with Crippen molar-refractivity contribution < 1.29 is 13.2 Å². The van der Waals surface area contributed by atoms with Gasteiger partial charge in [-0.25, -0.2) is 13.2 Å². The minimum absolute atomic E-state index is 0.268. The van der Waals surface area contributed by atoms with Crippen molar-refractivity contribution in [2.24, 2.45) is 0 Å². The molecule has 0 bridgehead atoms. The van der Waals surface area contributed by atoms with Gasteiger partial charge in [-0.3, -0.25) is 0 Å². The molecule has 0 N–H and O–H groups in total. The highest BCUT2D eigenvalue weighted by atomic mass is 19.2. The SMILES string of the molecule is Cc1ccc(-c2ccc(F)c(F)c2)c(F)c1. The lowest BCUT2D eigenvalue weighted by molar-refractivity contribution is 0.509. The van der Waals surface area contributed by atoms with Crippen LogP contribution in [0.2, 0.25) is 0 Å². The first-order valence-electron chi connectivity index (χ1n) is 4.79. The third kappa shape index (κ3) is 1.94. The van der Waals surface area contributed by atoms with Crippen molar-refractivity contribution in [3.05, 3.63) is 59.4 Å². The van der Waals surface area contributed by atoms with Gasteiger partial charge >= 0.3 is 0 Å². The second kappa shape index (κ2) is 4.00. The van der Waals surface area contributed by atoms with Crippen LogP contribution in [-0.2, 0) is 0 Å². The topological polar surface area (TPSA) is 0 Å². The zero-order valence-electron chi connectivity index (χ0n) is 8.60. The zero-order valence-corrected chi connectivity index (χ0v) is 8.60. The van der Waals surface area contributed by atoms with Crippen LogP contribution >= 0.6 is 0 Å². The minimum atomic E-state index is -0.975. The Kier molecular flexibility index (Phi) is 2.69. The minimum Gasteiger partial charge on any atom is -0.206 e. The summed E-state index contributed by atoms with van der Waals surface area (Å²) in [5, 5.41) is 0. The molecule has 2 aromatic rings. The van der Waals surface area contributed by atoms with Crippen molar-refractivity contribution >= 4 is 0 Å². The summed E-state index contributed by atoms with van der Waals surface area (Å²) in [7, 11) is 0. The van der Waals surface area contributed by atoms with E-state index in [1.165, 1.54) is 12.1 Å². The van der Waals surface area contributed by atoms with Crippen LogP contribution in [0.4, 0.5) is 13.2 Å². The Labute approximate surface area is 91.4 Å². The van der Waals surface area contributed by atoms with Crippen LogP contribution in [0, 0.1) is 24.4 Å². The first-order valence-corrected chi connectivity index (χ1v) is 4.79. The maximum atomic E-state index is 13.6. The molecule has 0 aliphatic heterocycles. The fourth-order valence-electron chi connectivity index (χ4n) is 1.52. The molecule has 0 aliphatic carbocycles. The molecule has 0 saturated carbocycles. The first-order chi connectivity index (χ1) is 7.58. The summed E-state index contributed by atoms with van der Waals surface area (Å²) in [6.45, 7) is 1.76. The Hall–Kier alpha value is -1.77. The van der Waals surface area contributed by atoms with Gasteiger partial charge in [0.2, 0.25) is 0 Å². The number of benzene rings is 2. The van der Waals surface area contributed by atoms with E-state index in [-0.39, 0.29) is 5.56 Å². The van der Waals surface area contributed by atoms with Crippen molar-refractivity contribution in [1.29, 1.82) is 0 Å². The molecular weight excluding hydrogens is 213 g/mol. The molecule has 0 spiro atoms. The Morgan fingerprint density at radius 3 is 2.12 bits per heavy atom. The molecule has 0 atom stereocenters. The van der Waals surface area contributed by atoms with E-state index in [4.69, 9.17) is 0 Å². The summed E-state index contributed by atoms with van der Waals surface area (Å²) in [6, 6.07) is 7.97. The van der Waals surface area contributed by atoms with Gasteiger partial charge in [-0.2, -0.15) is 0 Å². The van der Waals surface area contributed by atoms with Gasteiger partial charge in [0.15, 0.2) is 11.6 Å². The fraction of sp³-hybridized carbons (Fsp3) is 0.0769. The lowest BCUT2D eigenvalue weighted by atomic mass is 10.0. The molecule has 3 heteroatoms. The maximum absolute atomic E-state index is 13.6.